The maximum absolute atomic E-state index is 12.7. The van der Waals surface area contributed by atoms with Crippen molar-refractivity contribution in [1.82, 2.24) is 0 Å². The van der Waals surface area contributed by atoms with Gasteiger partial charge < -0.3 is 4.74 Å². The lowest BCUT2D eigenvalue weighted by atomic mass is 9.67. The smallest absolute Gasteiger partial charge is 0.309 e. The lowest BCUT2D eigenvalue weighted by Crippen LogP contribution is -2.48. The van der Waals surface area contributed by atoms with Crippen LogP contribution in [0.15, 0.2) is 24.3 Å². The Morgan fingerprint density at radius 1 is 1.24 bits per heavy atom. The maximum atomic E-state index is 12.7. The van der Waals surface area contributed by atoms with Crippen LogP contribution in [0.4, 0.5) is 0 Å². The number of benzene rings is 1. The van der Waals surface area contributed by atoms with Crippen LogP contribution < -0.4 is 0 Å². The molecule has 0 amide bonds. The van der Waals surface area contributed by atoms with Crippen LogP contribution >= 0.6 is 23.5 Å². The van der Waals surface area contributed by atoms with Gasteiger partial charge in [-0.25, -0.2) is 0 Å². The summed E-state index contributed by atoms with van der Waals surface area (Å²) in [6, 6.07) is 9.44. The third-order valence-corrected chi connectivity index (χ3v) is 9.91. The summed E-state index contributed by atoms with van der Waals surface area (Å²) in [5.74, 6) is 3.88. The third-order valence-electron chi connectivity index (χ3n) is 5.89. The molecule has 1 saturated heterocycles. The largest absolute Gasteiger partial charge is 0.461 e. The van der Waals surface area contributed by atoms with Gasteiger partial charge in [0, 0.05) is 11.5 Å². The Labute approximate surface area is 157 Å². The van der Waals surface area contributed by atoms with E-state index in [9.17, 15) is 4.79 Å². The van der Waals surface area contributed by atoms with Gasteiger partial charge >= 0.3 is 5.97 Å². The number of hydrogen-bond donors (Lipinski definition) is 0. The van der Waals surface area contributed by atoms with Crippen molar-refractivity contribution in [3.05, 3.63) is 35.4 Å². The molecule has 0 radical (unpaired) electrons. The average Bonchev–Trinajstić information content (AvgIpc) is 3.09. The number of nitriles is 1. The summed E-state index contributed by atoms with van der Waals surface area (Å²) in [6.07, 6.45) is 5.84. The lowest BCUT2D eigenvalue weighted by Gasteiger charge is -2.51. The van der Waals surface area contributed by atoms with E-state index in [1.165, 1.54) is 30.8 Å². The fraction of sp³-hybridized carbons (Fsp3) is 0.600. The van der Waals surface area contributed by atoms with Crippen molar-refractivity contribution in [2.75, 3.05) is 11.5 Å². The maximum Gasteiger partial charge on any atom is 0.309 e. The van der Waals surface area contributed by atoms with Gasteiger partial charge in [0.25, 0.3) is 0 Å². The van der Waals surface area contributed by atoms with Crippen molar-refractivity contribution >= 4 is 29.5 Å². The number of nitrogens with zero attached hydrogens (tertiary/aromatic N) is 1. The highest BCUT2D eigenvalue weighted by atomic mass is 32.2. The molecular weight excluding hydrogens is 350 g/mol. The number of carbonyl (C=O) groups excluding carboxylic acids is 1. The molecule has 2 bridgehead atoms. The van der Waals surface area contributed by atoms with E-state index in [1.54, 1.807) is 12.1 Å². The van der Waals surface area contributed by atoms with E-state index in [1.807, 2.05) is 12.1 Å². The molecule has 2 saturated carbocycles. The standard InChI is InChI=1S/C20H23NO2S2/c21-12-14-3-1-4-15(9-14)13-23-19(22)16-10-17-5-2-6-18(11-16)20(17)24-7-8-25-20/h1,3-4,9,16-18H,2,5-8,10-11,13H2. The summed E-state index contributed by atoms with van der Waals surface area (Å²) in [6.45, 7) is 0.273. The van der Waals surface area contributed by atoms with Crippen molar-refractivity contribution in [2.45, 2.75) is 42.8 Å². The molecular formula is C20H23NO2S2. The van der Waals surface area contributed by atoms with Crippen molar-refractivity contribution in [2.24, 2.45) is 17.8 Å². The SMILES string of the molecule is N#Cc1cccc(COC(=O)C2CC3CCCC(C2)C32SCCS2)c1. The highest BCUT2D eigenvalue weighted by Gasteiger charge is 2.55. The van der Waals surface area contributed by atoms with E-state index in [-0.39, 0.29) is 18.5 Å². The second-order valence-electron chi connectivity index (χ2n) is 7.33. The van der Waals surface area contributed by atoms with Gasteiger partial charge in [0.1, 0.15) is 6.61 Å². The van der Waals surface area contributed by atoms with Crippen LogP contribution in [0.1, 0.15) is 43.2 Å². The predicted octanol–water partition coefficient (Wildman–Crippen LogP) is 4.60. The quantitative estimate of drug-likeness (QED) is 0.725. The average molecular weight is 374 g/mol. The Bertz CT molecular complexity index is 677. The minimum atomic E-state index is -0.0397. The monoisotopic (exact) mass is 373 g/mol. The molecule has 1 aliphatic heterocycles. The Morgan fingerprint density at radius 2 is 1.96 bits per heavy atom. The lowest BCUT2D eigenvalue weighted by molar-refractivity contribution is -0.152. The highest BCUT2D eigenvalue weighted by Crippen LogP contribution is 2.64. The number of thioether (sulfide) groups is 2. The van der Waals surface area contributed by atoms with Crippen LogP contribution in [0, 0.1) is 29.1 Å². The van der Waals surface area contributed by atoms with E-state index in [0.29, 0.717) is 21.5 Å². The Balaban J connectivity index is 1.39. The van der Waals surface area contributed by atoms with Gasteiger partial charge in [0.05, 0.1) is 21.6 Å². The topological polar surface area (TPSA) is 50.1 Å². The van der Waals surface area contributed by atoms with Gasteiger partial charge in [-0.3, -0.25) is 4.79 Å². The number of carbonyl (C=O) groups is 1. The molecule has 3 nitrogen and oxygen atoms in total. The molecule has 2 atom stereocenters. The van der Waals surface area contributed by atoms with Gasteiger partial charge in [0.2, 0.25) is 0 Å². The van der Waals surface area contributed by atoms with E-state index in [2.05, 4.69) is 29.6 Å². The van der Waals surface area contributed by atoms with Gasteiger partial charge in [-0.05, 0) is 55.2 Å². The Kier molecular flexibility index (Phi) is 5.01. The molecule has 5 heteroatoms. The Morgan fingerprint density at radius 3 is 2.64 bits per heavy atom. The van der Waals surface area contributed by atoms with Crippen LogP contribution in [0.2, 0.25) is 0 Å². The van der Waals surface area contributed by atoms with Crippen molar-refractivity contribution in [3.63, 3.8) is 0 Å². The molecule has 2 aliphatic carbocycles. The Hall–Kier alpha value is -1.12. The number of hydrogen-bond acceptors (Lipinski definition) is 5. The molecule has 25 heavy (non-hydrogen) atoms. The molecule has 1 aromatic rings. The van der Waals surface area contributed by atoms with Crippen molar-refractivity contribution in [1.29, 1.82) is 5.26 Å². The van der Waals surface area contributed by atoms with Crippen molar-refractivity contribution in [3.8, 4) is 6.07 Å². The predicted molar refractivity (Wildman–Crippen MR) is 102 cm³/mol. The minimum Gasteiger partial charge on any atom is -0.461 e. The molecule has 4 rings (SSSR count). The summed E-state index contributed by atoms with van der Waals surface area (Å²) in [4.78, 5) is 12.7. The first-order valence-corrected chi connectivity index (χ1v) is 11.1. The second kappa shape index (κ2) is 7.25. The zero-order valence-corrected chi connectivity index (χ0v) is 15.9. The summed E-state index contributed by atoms with van der Waals surface area (Å²) >= 11 is 4.33. The second-order valence-corrected chi connectivity index (χ2v) is 10.3. The van der Waals surface area contributed by atoms with Gasteiger partial charge in [-0.15, -0.1) is 23.5 Å². The molecule has 3 aliphatic rings. The molecule has 2 unspecified atom stereocenters. The fourth-order valence-corrected chi connectivity index (χ4v) is 8.74. The molecule has 0 N–H and O–H groups in total. The number of rotatable bonds is 3. The van der Waals surface area contributed by atoms with Gasteiger partial charge in [0.15, 0.2) is 0 Å². The first kappa shape index (κ1) is 17.3. The van der Waals surface area contributed by atoms with E-state index < -0.39 is 0 Å². The molecule has 1 spiro atoms. The van der Waals surface area contributed by atoms with Crippen LogP contribution in [-0.2, 0) is 16.1 Å². The van der Waals surface area contributed by atoms with Crippen LogP contribution in [0.3, 0.4) is 0 Å². The van der Waals surface area contributed by atoms with E-state index in [4.69, 9.17) is 10.00 Å². The van der Waals surface area contributed by atoms with Crippen LogP contribution in [-0.4, -0.2) is 21.6 Å². The van der Waals surface area contributed by atoms with Gasteiger partial charge in [-0.2, -0.15) is 5.26 Å². The highest BCUT2D eigenvalue weighted by molar-refractivity contribution is 8.21. The molecule has 132 valence electrons. The number of ether oxygens (including phenoxy) is 1. The summed E-state index contributed by atoms with van der Waals surface area (Å²) in [7, 11) is 0. The van der Waals surface area contributed by atoms with Gasteiger partial charge in [-0.1, -0.05) is 18.6 Å². The fourth-order valence-electron chi connectivity index (χ4n) is 4.80. The zero-order valence-electron chi connectivity index (χ0n) is 14.3. The third kappa shape index (κ3) is 3.31. The zero-order chi connectivity index (χ0) is 17.3. The van der Waals surface area contributed by atoms with E-state index in [0.717, 1.165) is 18.4 Å². The van der Waals surface area contributed by atoms with Crippen LogP contribution in [0.25, 0.3) is 0 Å². The molecule has 1 heterocycles. The first-order chi connectivity index (χ1) is 12.2. The summed E-state index contributed by atoms with van der Waals surface area (Å²) < 4.78 is 6.02. The number of esters is 1. The summed E-state index contributed by atoms with van der Waals surface area (Å²) in [5.41, 5.74) is 1.50. The van der Waals surface area contributed by atoms with Crippen LogP contribution in [0.5, 0.6) is 0 Å². The molecule has 0 aromatic heterocycles. The first-order valence-electron chi connectivity index (χ1n) is 9.15. The summed E-state index contributed by atoms with van der Waals surface area (Å²) in [5, 5.41) is 8.97. The minimum absolute atomic E-state index is 0.0397. The molecule has 1 aromatic carbocycles. The van der Waals surface area contributed by atoms with Crippen molar-refractivity contribution < 1.29 is 9.53 Å². The molecule has 3 fully saturated rings. The normalized spacial score (nSPS) is 30.0. The van der Waals surface area contributed by atoms with E-state index >= 15 is 0 Å².